The number of carbonyl (C=O) groups is 1. The molecule has 15 heavy (non-hydrogen) atoms. The van der Waals surface area contributed by atoms with Gasteiger partial charge in [0.2, 0.25) is 0 Å². The van der Waals surface area contributed by atoms with E-state index in [1.807, 2.05) is 13.8 Å². The Morgan fingerprint density at radius 1 is 1.40 bits per heavy atom. The minimum atomic E-state index is -0.502. The molecule has 0 aromatic heterocycles. The maximum atomic E-state index is 11.5. The van der Waals surface area contributed by atoms with E-state index >= 15 is 0 Å². The third-order valence-corrected chi connectivity index (χ3v) is 3.00. The molecule has 0 aromatic rings. The molecule has 1 heterocycles. The normalized spacial score (nSPS) is 28.6. The van der Waals surface area contributed by atoms with Crippen molar-refractivity contribution in [1.82, 2.24) is 0 Å². The van der Waals surface area contributed by atoms with Crippen molar-refractivity contribution >= 4 is 5.97 Å². The highest BCUT2D eigenvalue weighted by molar-refractivity contribution is 5.75. The van der Waals surface area contributed by atoms with E-state index in [0.29, 0.717) is 24.7 Å². The minimum Gasteiger partial charge on any atom is -0.459 e. The predicted molar refractivity (Wildman–Crippen MR) is 58.3 cm³/mol. The molecule has 1 saturated heterocycles. The molecule has 3 heteroatoms. The van der Waals surface area contributed by atoms with Gasteiger partial charge in [-0.2, -0.15) is 0 Å². The Labute approximate surface area is 91.8 Å². The van der Waals surface area contributed by atoms with Crippen LogP contribution in [0.3, 0.4) is 0 Å². The van der Waals surface area contributed by atoms with Gasteiger partial charge in [-0.25, -0.2) is 0 Å². The van der Waals surface area contributed by atoms with Gasteiger partial charge in [0.25, 0.3) is 0 Å². The van der Waals surface area contributed by atoms with E-state index in [-0.39, 0.29) is 18.0 Å². The molecular formula is C12H22O3. The standard InChI is InChI=1S/C12H22O3/c1-7(2)5-10(13)11-6-9(8(3)4)12(14)15-11/h7-11,13H,5-6H2,1-4H3/t9-,10-,11+/m1/s1. The first-order valence-electron chi connectivity index (χ1n) is 5.80. The van der Waals surface area contributed by atoms with E-state index in [4.69, 9.17) is 4.74 Å². The van der Waals surface area contributed by atoms with Crippen molar-refractivity contribution in [3.05, 3.63) is 0 Å². The van der Waals surface area contributed by atoms with E-state index in [1.54, 1.807) is 0 Å². The van der Waals surface area contributed by atoms with Crippen LogP contribution in [-0.2, 0) is 9.53 Å². The van der Waals surface area contributed by atoms with Gasteiger partial charge < -0.3 is 9.84 Å². The Morgan fingerprint density at radius 2 is 2.00 bits per heavy atom. The topological polar surface area (TPSA) is 46.5 Å². The molecule has 0 aromatic carbocycles. The fraction of sp³-hybridized carbons (Fsp3) is 0.917. The molecular weight excluding hydrogens is 192 g/mol. The molecule has 0 saturated carbocycles. The Kier molecular flexibility index (Phi) is 4.14. The zero-order chi connectivity index (χ0) is 11.6. The number of ether oxygens (including phenoxy) is 1. The third kappa shape index (κ3) is 3.20. The molecule has 0 unspecified atom stereocenters. The lowest BCUT2D eigenvalue weighted by molar-refractivity contribution is -0.149. The summed E-state index contributed by atoms with van der Waals surface area (Å²) in [5, 5.41) is 9.86. The molecule has 0 aliphatic carbocycles. The van der Waals surface area contributed by atoms with Crippen molar-refractivity contribution in [3.63, 3.8) is 0 Å². The second kappa shape index (κ2) is 4.97. The Hall–Kier alpha value is -0.570. The van der Waals surface area contributed by atoms with Crippen molar-refractivity contribution in [1.29, 1.82) is 0 Å². The van der Waals surface area contributed by atoms with Gasteiger partial charge in [-0.15, -0.1) is 0 Å². The number of cyclic esters (lactones) is 1. The highest BCUT2D eigenvalue weighted by atomic mass is 16.6. The summed E-state index contributed by atoms with van der Waals surface area (Å²) in [6.45, 7) is 8.14. The Bertz CT molecular complexity index is 223. The second-order valence-corrected chi connectivity index (χ2v) is 5.26. The van der Waals surface area contributed by atoms with E-state index in [1.165, 1.54) is 0 Å². The third-order valence-electron chi connectivity index (χ3n) is 3.00. The maximum absolute atomic E-state index is 11.5. The van der Waals surface area contributed by atoms with Gasteiger partial charge in [0.15, 0.2) is 0 Å². The maximum Gasteiger partial charge on any atom is 0.309 e. The largest absolute Gasteiger partial charge is 0.459 e. The van der Waals surface area contributed by atoms with Crippen LogP contribution in [0.1, 0.15) is 40.5 Å². The zero-order valence-corrected chi connectivity index (χ0v) is 10.1. The molecule has 1 fully saturated rings. The summed E-state index contributed by atoms with van der Waals surface area (Å²) in [6.07, 6.45) is 0.581. The van der Waals surface area contributed by atoms with Crippen LogP contribution in [0.5, 0.6) is 0 Å². The van der Waals surface area contributed by atoms with Crippen molar-refractivity contribution in [2.75, 3.05) is 0 Å². The first-order chi connectivity index (χ1) is 6.91. The summed E-state index contributed by atoms with van der Waals surface area (Å²) >= 11 is 0. The molecule has 1 rings (SSSR count). The molecule has 88 valence electrons. The minimum absolute atomic E-state index is 0.0307. The van der Waals surface area contributed by atoms with E-state index in [9.17, 15) is 9.90 Å². The predicted octanol–water partition coefficient (Wildman–Crippen LogP) is 1.98. The molecule has 1 aliphatic heterocycles. The Morgan fingerprint density at radius 3 is 2.40 bits per heavy atom. The first-order valence-corrected chi connectivity index (χ1v) is 5.80. The summed E-state index contributed by atoms with van der Waals surface area (Å²) in [7, 11) is 0. The molecule has 1 N–H and O–H groups in total. The lowest BCUT2D eigenvalue weighted by atomic mass is 9.90. The number of esters is 1. The number of carbonyl (C=O) groups excluding carboxylic acids is 1. The van der Waals surface area contributed by atoms with Crippen LogP contribution in [0, 0.1) is 17.8 Å². The van der Waals surface area contributed by atoms with Crippen LogP contribution >= 0.6 is 0 Å². The van der Waals surface area contributed by atoms with Gasteiger partial charge in [-0.3, -0.25) is 4.79 Å². The van der Waals surface area contributed by atoms with Gasteiger partial charge >= 0.3 is 5.97 Å². The number of hydrogen-bond acceptors (Lipinski definition) is 3. The average molecular weight is 214 g/mol. The number of aliphatic hydroxyl groups is 1. The van der Waals surface area contributed by atoms with Gasteiger partial charge in [0, 0.05) is 6.42 Å². The summed E-state index contributed by atoms with van der Waals surface area (Å²) in [5.74, 6) is 0.556. The molecule has 0 spiro atoms. The zero-order valence-electron chi connectivity index (χ0n) is 10.1. The van der Waals surface area contributed by atoms with Gasteiger partial charge in [0.05, 0.1) is 12.0 Å². The van der Waals surface area contributed by atoms with Crippen LogP contribution in [0.25, 0.3) is 0 Å². The lowest BCUT2D eigenvalue weighted by Crippen LogP contribution is -2.27. The SMILES string of the molecule is CC(C)C[C@@H](O)[C@@H]1C[C@H](C(C)C)C(=O)O1. The molecule has 1 aliphatic rings. The molecule has 0 amide bonds. The second-order valence-electron chi connectivity index (χ2n) is 5.26. The van der Waals surface area contributed by atoms with Crippen molar-refractivity contribution in [2.24, 2.45) is 17.8 Å². The van der Waals surface area contributed by atoms with Gasteiger partial charge in [-0.05, 0) is 18.3 Å². The molecule has 0 bridgehead atoms. The van der Waals surface area contributed by atoms with Crippen molar-refractivity contribution in [3.8, 4) is 0 Å². The van der Waals surface area contributed by atoms with Crippen LogP contribution < -0.4 is 0 Å². The van der Waals surface area contributed by atoms with E-state index in [2.05, 4.69) is 13.8 Å². The fourth-order valence-corrected chi connectivity index (χ4v) is 2.05. The van der Waals surface area contributed by atoms with Crippen LogP contribution in [0.15, 0.2) is 0 Å². The smallest absolute Gasteiger partial charge is 0.309 e. The quantitative estimate of drug-likeness (QED) is 0.728. The Balaban J connectivity index is 2.50. The fourth-order valence-electron chi connectivity index (χ4n) is 2.05. The van der Waals surface area contributed by atoms with Crippen LogP contribution in [-0.4, -0.2) is 23.3 Å². The molecule has 0 radical (unpaired) electrons. The number of aliphatic hydroxyl groups excluding tert-OH is 1. The van der Waals surface area contributed by atoms with Crippen molar-refractivity contribution < 1.29 is 14.6 Å². The summed E-state index contributed by atoms with van der Waals surface area (Å²) in [5.41, 5.74) is 0. The molecule has 3 nitrogen and oxygen atoms in total. The summed E-state index contributed by atoms with van der Waals surface area (Å²) in [6, 6.07) is 0. The lowest BCUT2D eigenvalue weighted by Gasteiger charge is -2.18. The number of rotatable bonds is 4. The number of hydrogen-bond donors (Lipinski definition) is 1. The van der Waals surface area contributed by atoms with Crippen LogP contribution in [0.2, 0.25) is 0 Å². The first kappa shape index (κ1) is 12.5. The summed E-state index contributed by atoms with van der Waals surface area (Å²) in [4.78, 5) is 11.5. The van der Waals surface area contributed by atoms with Gasteiger partial charge in [-0.1, -0.05) is 27.7 Å². The monoisotopic (exact) mass is 214 g/mol. The van der Waals surface area contributed by atoms with E-state index in [0.717, 1.165) is 0 Å². The van der Waals surface area contributed by atoms with Crippen LogP contribution in [0.4, 0.5) is 0 Å². The van der Waals surface area contributed by atoms with Gasteiger partial charge in [0.1, 0.15) is 6.10 Å². The average Bonchev–Trinajstić information content (AvgIpc) is 2.46. The van der Waals surface area contributed by atoms with Crippen molar-refractivity contribution in [2.45, 2.75) is 52.7 Å². The highest BCUT2D eigenvalue weighted by Crippen LogP contribution is 2.30. The molecule has 3 atom stereocenters. The van der Waals surface area contributed by atoms with E-state index < -0.39 is 6.10 Å². The highest BCUT2D eigenvalue weighted by Gasteiger charge is 2.39. The summed E-state index contributed by atoms with van der Waals surface area (Å²) < 4.78 is 5.21.